The Kier molecular flexibility index (Phi) is 7.29. The standard InChI is InChI=1S/C21H26ClN7O2.C2H6/c1-21(2)8-5-14(31-21)12-30-20-25-18(22)24-19(26-20)29-10-6-13(7-11-29)16-15-4-3-9-23-17(15)28-27-16;1-2/h3-4,9,13-14H,5-8,10-12H2,1-2H3,(H,23,27,28);1-2H3. The highest BCUT2D eigenvalue weighted by Gasteiger charge is 2.32. The van der Waals surface area contributed by atoms with Gasteiger partial charge in [-0.1, -0.05) is 13.8 Å². The summed E-state index contributed by atoms with van der Waals surface area (Å²) in [7, 11) is 0. The molecule has 1 unspecified atom stereocenters. The van der Waals surface area contributed by atoms with Crippen LogP contribution in [0.5, 0.6) is 6.01 Å². The number of hydrogen-bond donors (Lipinski definition) is 1. The number of piperidine rings is 1. The molecule has 10 heteroatoms. The Morgan fingerprint density at radius 2 is 1.97 bits per heavy atom. The molecule has 2 aliphatic heterocycles. The Balaban J connectivity index is 0.00000126. The lowest BCUT2D eigenvalue weighted by Gasteiger charge is -2.31. The third-order valence-electron chi connectivity index (χ3n) is 6.07. The Labute approximate surface area is 199 Å². The SMILES string of the molecule is CC.CC1(C)CCC(COc2nc(Cl)nc(N3CCC(c4[nH]nc5ncccc45)CC3)n2)O1. The fourth-order valence-corrected chi connectivity index (χ4v) is 4.59. The summed E-state index contributed by atoms with van der Waals surface area (Å²) in [5, 5.41) is 8.74. The Hall–Kier alpha value is -2.52. The summed E-state index contributed by atoms with van der Waals surface area (Å²) in [5.41, 5.74) is 1.82. The smallest absolute Gasteiger partial charge is 0.322 e. The van der Waals surface area contributed by atoms with Crippen LogP contribution in [0.1, 0.15) is 65.0 Å². The first-order valence-corrected chi connectivity index (χ1v) is 12.1. The molecule has 1 atom stereocenters. The van der Waals surface area contributed by atoms with Gasteiger partial charge in [0.15, 0.2) is 5.65 Å². The molecule has 178 valence electrons. The number of halogens is 1. The third-order valence-corrected chi connectivity index (χ3v) is 6.24. The third kappa shape index (κ3) is 5.52. The van der Waals surface area contributed by atoms with Crippen molar-refractivity contribution in [3.05, 3.63) is 29.3 Å². The Morgan fingerprint density at radius 1 is 1.18 bits per heavy atom. The van der Waals surface area contributed by atoms with E-state index in [4.69, 9.17) is 21.1 Å². The highest BCUT2D eigenvalue weighted by molar-refractivity contribution is 6.28. The predicted octanol–water partition coefficient (Wildman–Crippen LogP) is 4.54. The molecule has 9 nitrogen and oxygen atoms in total. The van der Waals surface area contributed by atoms with E-state index in [-0.39, 0.29) is 23.0 Å². The molecule has 3 aromatic heterocycles. The minimum absolute atomic E-state index is 0.0449. The highest BCUT2D eigenvalue weighted by atomic mass is 35.5. The minimum Gasteiger partial charge on any atom is -0.461 e. The fourth-order valence-electron chi connectivity index (χ4n) is 4.44. The largest absolute Gasteiger partial charge is 0.461 e. The van der Waals surface area contributed by atoms with Crippen molar-refractivity contribution >= 4 is 28.6 Å². The molecule has 33 heavy (non-hydrogen) atoms. The summed E-state index contributed by atoms with van der Waals surface area (Å²) in [6.45, 7) is 10.2. The quantitative estimate of drug-likeness (QED) is 0.576. The van der Waals surface area contributed by atoms with Crippen LogP contribution in [0.2, 0.25) is 5.28 Å². The minimum atomic E-state index is -0.101. The summed E-state index contributed by atoms with van der Waals surface area (Å²) in [5.74, 6) is 0.943. The van der Waals surface area contributed by atoms with Gasteiger partial charge < -0.3 is 14.4 Å². The molecule has 2 aliphatic rings. The van der Waals surface area contributed by atoms with E-state index in [2.05, 4.69) is 54.9 Å². The van der Waals surface area contributed by atoms with E-state index < -0.39 is 0 Å². The number of nitrogens with zero attached hydrogens (tertiary/aromatic N) is 6. The molecule has 0 aliphatic carbocycles. The van der Waals surface area contributed by atoms with Crippen LogP contribution in [-0.4, -0.2) is 61.5 Å². The van der Waals surface area contributed by atoms with Crippen LogP contribution < -0.4 is 9.64 Å². The van der Waals surface area contributed by atoms with Crippen LogP contribution in [0.3, 0.4) is 0 Å². The molecule has 0 amide bonds. The number of ether oxygens (including phenoxy) is 2. The predicted molar refractivity (Wildman–Crippen MR) is 128 cm³/mol. The van der Waals surface area contributed by atoms with Crippen LogP contribution in [0.4, 0.5) is 5.95 Å². The maximum Gasteiger partial charge on any atom is 0.322 e. The van der Waals surface area contributed by atoms with Crippen molar-refractivity contribution < 1.29 is 9.47 Å². The van der Waals surface area contributed by atoms with Gasteiger partial charge in [0.2, 0.25) is 11.2 Å². The molecule has 0 radical (unpaired) electrons. The second-order valence-corrected chi connectivity index (χ2v) is 9.15. The van der Waals surface area contributed by atoms with Crippen molar-refractivity contribution in [3.8, 4) is 6.01 Å². The van der Waals surface area contributed by atoms with E-state index >= 15 is 0 Å². The van der Waals surface area contributed by atoms with E-state index in [1.165, 1.54) is 0 Å². The van der Waals surface area contributed by atoms with Crippen molar-refractivity contribution in [1.29, 1.82) is 0 Å². The first kappa shape index (κ1) is 23.6. The van der Waals surface area contributed by atoms with Gasteiger partial charge in [0.1, 0.15) is 6.61 Å². The molecule has 5 rings (SSSR count). The number of aromatic amines is 1. The van der Waals surface area contributed by atoms with Crippen LogP contribution in [0.25, 0.3) is 11.0 Å². The van der Waals surface area contributed by atoms with Crippen LogP contribution >= 0.6 is 11.6 Å². The van der Waals surface area contributed by atoms with E-state index in [1.807, 2.05) is 19.9 Å². The first-order valence-electron chi connectivity index (χ1n) is 11.7. The van der Waals surface area contributed by atoms with Gasteiger partial charge in [-0.05, 0) is 63.3 Å². The van der Waals surface area contributed by atoms with Crippen LogP contribution in [-0.2, 0) is 4.74 Å². The lowest BCUT2D eigenvalue weighted by molar-refractivity contribution is -0.0338. The van der Waals surface area contributed by atoms with Crippen molar-refractivity contribution in [3.63, 3.8) is 0 Å². The molecule has 0 saturated carbocycles. The molecule has 0 spiro atoms. The topological polar surface area (TPSA) is 102 Å². The van der Waals surface area contributed by atoms with Gasteiger partial charge in [0, 0.05) is 36.3 Å². The number of anilines is 1. The zero-order chi connectivity index (χ0) is 23.4. The van der Waals surface area contributed by atoms with E-state index in [0.717, 1.165) is 55.5 Å². The number of hydrogen-bond acceptors (Lipinski definition) is 8. The van der Waals surface area contributed by atoms with E-state index in [0.29, 0.717) is 18.5 Å². The number of pyridine rings is 1. The summed E-state index contributed by atoms with van der Waals surface area (Å²) in [6.07, 6.45) is 5.70. The second-order valence-electron chi connectivity index (χ2n) is 8.81. The second kappa shape index (κ2) is 10.2. The summed E-state index contributed by atoms with van der Waals surface area (Å²) < 4.78 is 11.8. The molecule has 0 aromatic carbocycles. The van der Waals surface area contributed by atoms with Crippen molar-refractivity contribution in [1.82, 2.24) is 30.1 Å². The number of nitrogens with one attached hydrogen (secondary N) is 1. The first-order chi connectivity index (χ1) is 16.0. The van der Waals surface area contributed by atoms with Gasteiger partial charge in [-0.2, -0.15) is 20.1 Å². The van der Waals surface area contributed by atoms with Crippen LogP contribution in [0, 0.1) is 0 Å². The molecular formula is C23H32ClN7O2. The van der Waals surface area contributed by atoms with Gasteiger partial charge in [-0.15, -0.1) is 0 Å². The zero-order valence-electron chi connectivity index (χ0n) is 19.7. The molecule has 2 saturated heterocycles. The van der Waals surface area contributed by atoms with Crippen molar-refractivity contribution in [2.45, 2.75) is 71.0 Å². The zero-order valence-corrected chi connectivity index (χ0v) is 20.5. The average Bonchev–Trinajstić information content (AvgIpc) is 3.41. The molecule has 5 heterocycles. The number of aromatic nitrogens is 6. The summed E-state index contributed by atoms with van der Waals surface area (Å²) >= 11 is 6.16. The van der Waals surface area contributed by atoms with Gasteiger partial charge >= 0.3 is 6.01 Å². The fraction of sp³-hybridized carbons (Fsp3) is 0.609. The molecule has 1 N–H and O–H groups in total. The van der Waals surface area contributed by atoms with E-state index in [1.54, 1.807) is 6.20 Å². The number of rotatable bonds is 5. The maximum atomic E-state index is 6.16. The molecule has 2 fully saturated rings. The summed E-state index contributed by atoms with van der Waals surface area (Å²) in [6, 6.07) is 4.26. The van der Waals surface area contributed by atoms with Crippen molar-refractivity contribution in [2.75, 3.05) is 24.6 Å². The maximum absolute atomic E-state index is 6.16. The molecule has 0 bridgehead atoms. The van der Waals surface area contributed by atoms with E-state index in [9.17, 15) is 0 Å². The molecular weight excluding hydrogens is 442 g/mol. The van der Waals surface area contributed by atoms with Gasteiger partial charge in [0.05, 0.1) is 11.7 Å². The average molecular weight is 474 g/mol. The summed E-state index contributed by atoms with van der Waals surface area (Å²) in [4.78, 5) is 19.4. The number of fused-ring (bicyclic) bond motifs is 1. The van der Waals surface area contributed by atoms with Gasteiger partial charge in [-0.25, -0.2) is 4.98 Å². The normalized spacial score (nSPS) is 20.5. The van der Waals surface area contributed by atoms with Crippen molar-refractivity contribution in [2.24, 2.45) is 0 Å². The highest BCUT2D eigenvalue weighted by Crippen LogP contribution is 2.33. The lowest BCUT2D eigenvalue weighted by atomic mass is 9.92. The molecule has 3 aromatic rings. The van der Waals surface area contributed by atoms with Gasteiger partial charge in [-0.3, -0.25) is 5.10 Å². The van der Waals surface area contributed by atoms with Crippen LogP contribution in [0.15, 0.2) is 18.3 Å². The number of H-pyrrole nitrogens is 1. The Morgan fingerprint density at radius 3 is 2.70 bits per heavy atom. The lowest BCUT2D eigenvalue weighted by Crippen LogP contribution is -2.34. The monoisotopic (exact) mass is 473 g/mol. The van der Waals surface area contributed by atoms with Gasteiger partial charge in [0.25, 0.3) is 0 Å². The Bertz CT molecular complexity index is 1070.